The normalized spacial score (nSPS) is 14.6. The van der Waals surface area contributed by atoms with Crippen molar-refractivity contribution in [3.63, 3.8) is 0 Å². The van der Waals surface area contributed by atoms with Crippen LogP contribution in [0, 0.1) is 0 Å². The molecule has 140 valence electrons. The summed E-state index contributed by atoms with van der Waals surface area (Å²) in [6, 6.07) is 16.9. The van der Waals surface area contributed by atoms with Crippen LogP contribution in [0.3, 0.4) is 0 Å². The van der Waals surface area contributed by atoms with Gasteiger partial charge in [-0.25, -0.2) is 0 Å². The molecule has 0 N–H and O–H groups in total. The quantitative estimate of drug-likeness (QED) is 0.791. The molecule has 0 saturated carbocycles. The molecule has 0 spiro atoms. The molecule has 27 heavy (non-hydrogen) atoms. The molecule has 5 heteroatoms. The van der Waals surface area contributed by atoms with E-state index in [1.807, 2.05) is 42.5 Å². The Bertz CT molecular complexity index is 787. The van der Waals surface area contributed by atoms with Gasteiger partial charge in [-0.1, -0.05) is 43.0 Å². The molecule has 2 aromatic rings. The number of nitrogens with zero attached hydrogens (tertiary/aromatic N) is 2. The smallest absolute Gasteiger partial charge is 0.253 e. The lowest BCUT2D eigenvalue weighted by atomic mass is 10.1. The molecule has 3 rings (SSSR count). The van der Waals surface area contributed by atoms with Crippen LogP contribution in [0.2, 0.25) is 0 Å². The van der Waals surface area contributed by atoms with Crippen LogP contribution in [0.1, 0.15) is 22.3 Å². The molecule has 2 aromatic carbocycles. The van der Waals surface area contributed by atoms with E-state index < -0.39 is 0 Å². The zero-order chi connectivity index (χ0) is 19.1. The van der Waals surface area contributed by atoms with Crippen LogP contribution in [0.4, 0.5) is 0 Å². The molecular formula is C22H24N2O3. The van der Waals surface area contributed by atoms with Gasteiger partial charge in [-0.2, -0.15) is 0 Å². The standard InChI is InChI=1S/C22H24N2O3/c1-2-18-8-10-19(11-9-18)22(26)24-13-12-21(25)23(14-15-24)16-17-27-20-6-4-3-5-7-20/h2-11H,1,12-17H2. The highest BCUT2D eigenvalue weighted by Crippen LogP contribution is 2.13. The average Bonchev–Trinajstić information content (AvgIpc) is 2.90. The molecule has 0 radical (unpaired) electrons. The Labute approximate surface area is 159 Å². The Morgan fingerprint density at radius 3 is 2.48 bits per heavy atom. The maximum absolute atomic E-state index is 12.7. The van der Waals surface area contributed by atoms with Crippen LogP contribution in [-0.4, -0.2) is 54.4 Å². The van der Waals surface area contributed by atoms with Gasteiger partial charge in [-0.15, -0.1) is 0 Å². The maximum atomic E-state index is 12.7. The Balaban J connectivity index is 1.54. The van der Waals surface area contributed by atoms with Crippen molar-refractivity contribution in [1.29, 1.82) is 0 Å². The zero-order valence-corrected chi connectivity index (χ0v) is 15.3. The second-order valence-electron chi connectivity index (χ2n) is 6.41. The van der Waals surface area contributed by atoms with Gasteiger partial charge in [0.05, 0.1) is 6.54 Å². The summed E-state index contributed by atoms with van der Waals surface area (Å²) in [6.45, 7) is 6.16. The molecule has 1 aliphatic heterocycles. The maximum Gasteiger partial charge on any atom is 0.253 e. The van der Waals surface area contributed by atoms with E-state index in [2.05, 4.69) is 6.58 Å². The molecule has 1 heterocycles. The van der Waals surface area contributed by atoms with Gasteiger partial charge in [0.15, 0.2) is 0 Å². The van der Waals surface area contributed by atoms with Gasteiger partial charge in [-0.3, -0.25) is 9.59 Å². The molecule has 5 nitrogen and oxygen atoms in total. The van der Waals surface area contributed by atoms with Crippen molar-refractivity contribution in [2.45, 2.75) is 6.42 Å². The first-order valence-electron chi connectivity index (χ1n) is 9.15. The third-order valence-electron chi connectivity index (χ3n) is 4.64. The van der Waals surface area contributed by atoms with Crippen LogP contribution in [0.15, 0.2) is 61.2 Å². The Hall–Kier alpha value is -3.08. The van der Waals surface area contributed by atoms with Gasteiger partial charge in [0.1, 0.15) is 12.4 Å². The first kappa shape index (κ1) is 18.7. The molecule has 0 atom stereocenters. The van der Waals surface area contributed by atoms with Crippen molar-refractivity contribution in [1.82, 2.24) is 9.80 Å². The number of benzene rings is 2. The van der Waals surface area contributed by atoms with E-state index in [-0.39, 0.29) is 11.8 Å². The lowest BCUT2D eigenvalue weighted by molar-refractivity contribution is -0.130. The molecule has 0 bridgehead atoms. The van der Waals surface area contributed by atoms with Gasteiger partial charge in [0, 0.05) is 31.6 Å². The summed E-state index contributed by atoms with van der Waals surface area (Å²) in [5.74, 6) is 0.810. The monoisotopic (exact) mass is 364 g/mol. The van der Waals surface area contributed by atoms with Crippen molar-refractivity contribution in [3.05, 3.63) is 72.3 Å². The van der Waals surface area contributed by atoms with Crippen LogP contribution in [-0.2, 0) is 4.79 Å². The largest absolute Gasteiger partial charge is 0.492 e. The number of para-hydroxylation sites is 1. The Kier molecular flexibility index (Phi) is 6.26. The fourth-order valence-electron chi connectivity index (χ4n) is 3.04. The molecular weight excluding hydrogens is 340 g/mol. The first-order chi connectivity index (χ1) is 13.2. The van der Waals surface area contributed by atoms with Gasteiger partial charge < -0.3 is 14.5 Å². The molecule has 0 aliphatic carbocycles. The highest BCUT2D eigenvalue weighted by molar-refractivity contribution is 5.95. The minimum atomic E-state index is -0.0409. The molecule has 0 unspecified atom stereocenters. The zero-order valence-electron chi connectivity index (χ0n) is 15.3. The van der Waals surface area contributed by atoms with E-state index in [1.165, 1.54) is 0 Å². The lowest BCUT2D eigenvalue weighted by Crippen LogP contribution is -2.37. The number of carbonyl (C=O) groups excluding carboxylic acids is 2. The van der Waals surface area contributed by atoms with Crippen molar-refractivity contribution in [2.75, 3.05) is 32.8 Å². The van der Waals surface area contributed by atoms with Gasteiger partial charge in [-0.05, 0) is 29.8 Å². The molecule has 1 fully saturated rings. The SMILES string of the molecule is C=Cc1ccc(C(=O)N2CCC(=O)N(CCOc3ccccc3)CC2)cc1. The topological polar surface area (TPSA) is 49.9 Å². The van der Waals surface area contributed by atoms with Crippen LogP contribution in [0.5, 0.6) is 5.75 Å². The molecule has 1 aliphatic rings. The van der Waals surface area contributed by atoms with Crippen LogP contribution < -0.4 is 4.74 Å². The van der Waals surface area contributed by atoms with E-state index >= 15 is 0 Å². The van der Waals surface area contributed by atoms with E-state index in [0.29, 0.717) is 44.8 Å². The molecule has 0 aromatic heterocycles. The summed E-state index contributed by atoms with van der Waals surface area (Å²) in [4.78, 5) is 28.6. The third-order valence-corrected chi connectivity index (χ3v) is 4.64. The van der Waals surface area contributed by atoms with Crippen molar-refractivity contribution < 1.29 is 14.3 Å². The summed E-state index contributed by atoms with van der Waals surface area (Å²) in [7, 11) is 0. The highest BCUT2D eigenvalue weighted by atomic mass is 16.5. The third kappa shape index (κ3) is 4.97. The van der Waals surface area contributed by atoms with Crippen LogP contribution >= 0.6 is 0 Å². The van der Waals surface area contributed by atoms with E-state index in [4.69, 9.17) is 4.74 Å². The van der Waals surface area contributed by atoms with Crippen molar-refractivity contribution >= 4 is 17.9 Å². The average molecular weight is 364 g/mol. The summed E-state index contributed by atoms with van der Waals surface area (Å²) in [6.07, 6.45) is 2.08. The fourth-order valence-corrected chi connectivity index (χ4v) is 3.04. The number of hydrogen-bond donors (Lipinski definition) is 0. The number of amides is 2. The number of ether oxygens (including phenoxy) is 1. The Morgan fingerprint density at radius 2 is 1.78 bits per heavy atom. The van der Waals surface area contributed by atoms with Gasteiger partial charge in [0.25, 0.3) is 5.91 Å². The van der Waals surface area contributed by atoms with E-state index in [1.54, 1.807) is 28.0 Å². The predicted molar refractivity (Wildman–Crippen MR) is 106 cm³/mol. The minimum Gasteiger partial charge on any atom is -0.492 e. The summed E-state index contributed by atoms with van der Waals surface area (Å²) in [5.41, 5.74) is 1.61. The summed E-state index contributed by atoms with van der Waals surface area (Å²) >= 11 is 0. The van der Waals surface area contributed by atoms with Gasteiger partial charge >= 0.3 is 0 Å². The van der Waals surface area contributed by atoms with E-state index in [0.717, 1.165) is 11.3 Å². The van der Waals surface area contributed by atoms with Crippen molar-refractivity contribution in [2.24, 2.45) is 0 Å². The predicted octanol–water partition coefficient (Wildman–Crippen LogP) is 3.08. The second-order valence-corrected chi connectivity index (χ2v) is 6.41. The highest BCUT2D eigenvalue weighted by Gasteiger charge is 2.24. The van der Waals surface area contributed by atoms with Crippen molar-refractivity contribution in [3.8, 4) is 5.75 Å². The summed E-state index contributed by atoms with van der Waals surface area (Å²) < 4.78 is 5.68. The summed E-state index contributed by atoms with van der Waals surface area (Å²) in [5, 5.41) is 0. The minimum absolute atomic E-state index is 0.0409. The van der Waals surface area contributed by atoms with Crippen LogP contribution in [0.25, 0.3) is 6.08 Å². The fraction of sp³-hybridized carbons (Fsp3) is 0.273. The Morgan fingerprint density at radius 1 is 1.04 bits per heavy atom. The van der Waals surface area contributed by atoms with Gasteiger partial charge in [0.2, 0.25) is 5.91 Å². The number of rotatable bonds is 6. The first-order valence-corrected chi connectivity index (χ1v) is 9.15. The molecule has 2 amide bonds. The second kappa shape index (κ2) is 9.03. The lowest BCUT2D eigenvalue weighted by Gasteiger charge is -2.22. The number of hydrogen-bond acceptors (Lipinski definition) is 3. The van der Waals surface area contributed by atoms with E-state index in [9.17, 15) is 9.59 Å². The number of carbonyl (C=O) groups is 2. The molecule has 1 saturated heterocycles.